The Hall–Kier alpha value is -3.54. The minimum atomic E-state index is -0.311. The van der Waals surface area contributed by atoms with Crippen molar-refractivity contribution < 1.29 is 18.7 Å². The van der Waals surface area contributed by atoms with Crippen LogP contribution in [0.2, 0.25) is 0 Å². The van der Waals surface area contributed by atoms with E-state index in [1.807, 2.05) is 12.1 Å². The van der Waals surface area contributed by atoms with Crippen LogP contribution in [0.5, 0.6) is 5.75 Å². The molecule has 0 saturated heterocycles. The van der Waals surface area contributed by atoms with Crippen LogP contribution in [0.25, 0.3) is 0 Å². The molecule has 26 heavy (non-hydrogen) atoms. The number of ether oxygens (including phenoxy) is 1. The molecule has 132 valence electrons. The number of amides is 2. The van der Waals surface area contributed by atoms with Crippen LogP contribution in [0.15, 0.2) is 71.3 Å². The summed E-state index contributed by atoms with van der Waals surface area (Å²) in [6.07, 6.45) is 1.45. The highest BCUT2D eigenvalue weighted by Gasteiger charge is 2.09. The number of benzene rings is 2. The van der Waals surface area contributed by atoms with E-state index in [4.69, 9.17) is 9.15 Å². The first-order valence-electron chi connectivity index (χ1n) is 8.02. The normalized spacial score (nSPS) is 10.2. The van der Waals surface area contributed by atoms with Gasteiger partial charge < -0.3 is 19.8 Å². The summed E-state index contributed by atoms with van der Waals surface area (Å²) in [5, 5.41) is 5.59. The lowest BCUT2D eigenvalue weighted by Gasteiger charge is -2.08. The zero-order valence-electron chi connectivity index (χ0n) is 14.2. The fraction of sp³-hybridized carbons (Fsp3) is 0.100. The van der Waals surface area contributed by atoms with E-state index in [2.05, 4.69) is 10.6 Å². The highest BCUT2D eigenvalue weighted by atomic mass is 16.5. The summed E-state index contributed by atoms with van der Waals surface area (Å²) in [5.74, 6) is 0.391. The van der Waals surface area contributed by atoms with Crippen molar-refractivity contribution in [1.29, 1.82) is 0 Å². The maximum absolute atomic E-state index is 12.2. The van der Waals surface area contributed by atoms with Gasteiger partial charge in [0.2, 0.25) is 0 Å². The number of hydrogen-bond acceptors (Lipinski definition) is 4. The summed E-state index contributed by atoms with van der Waals surface area (Å²) >= 11 is 0. The molecule has 3 aromatic rings. The summed E-state index contributed by atoms with van der Waals surface area (Å²) in [5.41, 5.74) is 2.10. The van der Waals surface area contributed by atoms with Crippen molar-refractivity contribution >= 4 is 17.5 Å². The van der Waals surface area contributed by atoms with Crippen molar-refractivity contribution in [2.45, 2.75) is 6.54 Å². The second-order valence-electron chi connectivity index (χ2n) is 5.54. The lowest BCUT2D eigenvalue weighted by Crippen LogP contribution is -2.22. The average molecular weight is 350 g/mol. The van der Waals surface area contributed by atoms with Gasteiger partial charge in [0.15, 0.2) is 5.76 Å². The maximum Gasteiger partial charge on any atom is 0.291 e. The third kappa shape index (κ3) is 4.30. The van der Waals surface area contributed by atoms with Gasteiger partial charge in [-0.15, -0.1) is 0 Å². The smallest absolute Gasteiger partial charge is 0.291 e. The molecule has 0 bridgehead atoms. The molecule has 0 unspecified atom stereocenters. The Morgan fingerprint density at radius 2 is 1.81 bits per heavy atom. The fourth-order valence-corrected chi connectivity index (χ4v) is 2.36. The Labute approximate surface area is 150 Å². The van der Waals surface area contributed by atoms with E-state index in [-0.39, 0.29) is 17.6 Å². The molecule has 6 nitrogen and oxygen atoms in total. The number of rotatable bonds is 6. The third-order valence-electron chi connectivity index (χ3n) is 3.74. The number of furan rings is 1. The van der Waals surface area contributed by atoms with Crippen molar-refractivity contribution in [1.82, 2.24) is 5.32 Å². The monoisotopic (exact) mass is 350 g/mol. The Bertz CT molecular complexity index is 886. The van der Waals surface area contributed by atoms with Crippen LogP contribution in [0.4, 0.5) is 5.69 Å². The van der Waals surface area contributed by atoms with E-state index in [9.17, 15) is 9.59 Å². The van der Waals surface area contributed by atoms with Crippen molar-refractivity contribution in [3.63, 3.8) is 0 Å². The average Bonchev–Trinajstić information content (AvgIpc) is 3.22. The molecule has 0 saturated carbocycles. The highest BCUT2D eigenvalue weighted by Crippen LogP contribution is 2.14. The van der Waals surface area contributed by atoms with Crippen LogP contribution in [-0.2, 0) is 6.54 Å². The summed E-state index contributed by atoms with van der Waals surface area (Å²) < 4.78 is 10.2. The Balaban J connectivity index is 1.55. The zero-order valence-corrected chi connectivity index (χ0v) is 14.2. The van der Waals surface area contributed by atoms with Gasteiger partial charge in [0.25, 0.3) is 11.8 Å². The van der Waals surface area contributed by atoms with E-state index in [0.29, 0.717) is 23.5 Å². The lowest BCUT2D eigenvalue weighted by molar-refractivity contribution is 0.0949. The van der Waals surface area contributed by atoms with Gasteiger partial charge in [0.1, 0.15) is 5.75 Å². The molecule has 6 heteroatoms. The second-order valence-corrected chi connectivity index (χ2v) is 5.54. The molecule has 0 aliphatic rings. The van der Waals surface area contributed by atoms with Crippen LogP contribution in [0.1, 0.15) is 26.5 Å². The summed E-state index contributed by atoms with van der Waals surface area (Å²) in [7, 11) is 1.56. The van der Waals surface area contributed by atoms with Crippen molar-refractivity contribution in [3.05, 3.63) is 83.8 Å². The third-order valence-corrected chi connectivity index (χ3v) is 3.74. The van der Waals surface area contributed by atoms with Crippen molar-refractivity contribution in [2.75, 3.05) is 12.4 Å². The maximum atomic E-state index is 12.2. The largest absolute Gasteiger partial charge is 0.497 e. The highest BCUT2D eigenvalue weighted by molar-refractivity contribution is 6.02. The molecule has 1 heterocycles. The molecule has 0 fully saturated rings. The molecule has 0 spiro atoms. The Kier molecular flexibility index (Phi) is 5.34. The first kappa shape index (κ1) is 17.3. The number of anilines is 1. The van der Waals surface area contributed by atoms with Crippen LogP contribution >= 0.6 is 0 Å². The van der Waals surface area contributed by atoms with Gasteiger partial charge >= 0.3 is 0 Å². The quantitative estimate of drug-likeness (QED) is 0.713. The Morgan fingerprint density at radius 3 is 2.50 bits per heavy atom. The first-order chi connectivity index (χ1) is 12.7. The van der Waals surface area contributed by atoms with Gasteiger partial charge in [-0.05, 0) is 48.0 Å². The van der Waals surface area contributed by atoms with Gasteiger partial charge in [0, 0.05) is 17.8 Å². The number of nitrogens with one attached hydrogen (secondary N) is 2. The molecule has 3 rings (SSSR count). The van der Waals surface area contributed by atoms with Crippen LogP contribution in [0.3, 0.4) is 0 Å². The molecule has 0 atom stereocenters. The summed E-state index contributed by atoms with van der Waals surface area (Å²) in [4.78, 5) is 24.1. The van der Waals surface area contributed by atoms with E-state index in [1.54, 1.807) is 55.6 Å². The topological polar surface area (TPSA) is 80.6 Å². The minimum absolute atomic E-state index is 0.181. The van der Waals surface area contributed by atoms with E-state index in [0.717, 1.165) is 5.56 Å². The molecule has 2 aromatic carbocycles. The van der Waals surface area contributed by atoms with Gasteiger partial charge in [0.05, 0.1) is 13.4 Å². The van der Waals surface area contributed by atoms with E-state index < -0.39 is 0 Å². The summed E-state index contributed by atoms with van der Waals surface area (Å²) in [6.45, 7) is 0.377. The predicted molar refractivity (Wildman–Crippen MR) is 97.3 cm³/mol. The van der Waals surface area contributed by atoms with E-state index in [1.165, 1.54) is 6.26 Å². The number of carbonyl (C=O) groups excluding carboxylic acids is 2. The Morgan fingerprint density at radius 1 is 1.00 bits per heavy atom. The van der Waals surface area contributed by atoms with Crippen molar-refractivity contribution in [2.24, 2.45) is 0 Å². The lowest BCUT2D eigenvalue weighted by atomic mass is 10.1. The van der Waals surface area contributed by atoms with Crippen LogP contribution in [0, 0.1) is 0 Å². The summed E-state index contributed by atoms with van der Waals surface area (Å²) in [6, 6.07) is 17.4. The van der Waals surface area contributed by atoms with Gasteiger partial charge in [-0.1, -0.05) is 18.2 Å². The molecule has 0 radical (unpaired) electrons. The number of hydrogen-bond donors (Lipinski definition) is 2. The van der Waals surface area contributed by atoms with Gasteiger partial charge in [-0.25, -0.2) is 0 Å². The van der Waals surface area contributed by atoms with Crippen molar-refractivity contribution in [3.8, 4) is 5.75 Å². The van der Waals surface area contributed by atoms with Gasteiger partial charge in [-0.3, -0.25) is 9.59 Å². The molecular weight excluding hydrogens is 332 g/mol. The minimum Gasteiger partial charge on any atom is -0.497 e. The molecule has 2 N–H and O–H groups in total. The predicted octanol–water partition coefficient (Wildman–Crippen LogP) is 3.47. The van der Waals surface area contributed by atoms with Crippen LogP contribution in [-0.4, -0.2) is 18.9 Å². The molecule has 1 aromatic heterocycles. The zero-order chi connectivity index (χ0) is 18.4. The number of carbonyl (C=O) groups is 2. The second kappa shape index (κ2) is 8.02. The first-order valence-corrected chi connectivity index (χ1v) is 8.02. The standard InChI is InChI=1S/C20H18N2O4/c1-25-17-5-2-4-15(12-17)19(23)21-13-14-7-9-16(10-8-14)22-20(24)18-6-3-11-26-18/h2-12H,13H2,1H3,(H,21,23)(H,22,24). The SMILES string of the molecule is COc1cccc(C(=O)NCc2ccc(NC(=O)c3ccco3)cc2)c1. The molecular formula is C20H18N2O4. The van der Waals surface area contributed by atoms with Crippen LogP contribution < -0.4 is 15.4 Å². The van der Waals surface area contributed by atoms with E-state index >= 15 is 0 Å². The fourth-order valence-electron chi connectivity index (χ4n) is 2.36. The van der Waals surface area contributed by atoms with Gasteiger partial charge in [-0.2, -0.15) is 0 Å². The molecule has 2 amide bonds. The molecule has 0 aliphatic heterocycles. The molecule has 0 aliphatic carbocycles. The number of methoxy groups -OCH3 is 1.